The highest BCUT2D eigenvalue weighted by molar-refractivity contribution is 9.10. The van der Waals surface area contributed by atoms with Crippen molar-refractivity contribution < 1.29 is 0 Å². The minimum Gasteiger partial charge on any atom is -0.383 e. The Labute approximate surface area is 126 Å². The normalized spacial score (nSPS) is 14.4. The van der Waals surface area contributed by atoms with E-state index in [9.17, 15) is 0 Å². The quantitative estimate of drug-likeness (QED) is 0.785. The zero-order valence-corrected chi connectivity index (χ0v) is 12.6. The summed E-state index contributed by atoms with van der Waals surface area (Å²) in [5.74, 6) is 1.13. The summed E-state index contributed by atoms with van der Waals surface area (Å²) >= 11 is 3.50. The van der Waals surface area contributed by atoms with Crippen molar-refractivity contribution >= 4 is 33.4 Å². The number of hydrogen-bond donors (Lipinski definition) is 3. The second kappa shape index (κ2) is 5.76. The van der Waals surface area contributed by atoms with Gasteiger partial charge in [-0.2, -0.15) is 4.98 Å². The van der Waals surface area contributed by atoms with E-state index in [4.69, 9.17) is 5.73 Å². The van der Waals surface area contributed by atoms with E-state index in [1.165, 1.54) is 0 Å². The molecule has 0 unspecified atom stereocenters. The van der Waals surface area contributed by atoms with Crippen molar-refractivity contribution in [1.82, 2.24) is 15.3 Å². The summed E-state index contributed by atoms with van der Waals surface area (Å²) < 4.78 is 0.971. The van der Waals surface area contributed by atoms with E-state index in [1.807, 2.05) is 24.3 Å². The third kappa shape index (κ3) is 2.76. The van der Waals surface area contributed by atoms with Crippen LogP contribution in [0.3, 0.4) is 0 Å². The Kier molecular flexibility index (Phi) is 3.84. The van der Waals surface area contributed by atoms with Crippen molar-refractivity contribution in [3.63, 3.8) is 0 Å². The molecule has 2 heterocycles. The molecule has 1 aromatic carbocycles. The predicted molar refractivity (Wildman–Crippen MR) is 84.1 cm³/mol. The van der Waals surface area contributed by atoms with E-state index in [0.717, 1.165) is 47.3 Å². The highest BCUT2D eigenvalue weighted by atomic mass is 79.9. The molecule has 5 nitrogen and oxygen atoms in total. The van der Waals surface area contributed by atoms with Gasteiger partial charge in [-0.3, -0.25) is 0 Å². The van der Waals surface area contributed by atoms with Crippen molar-refractivity contribution in [2.45, 2.75) is 12.8 Å². The van der Waals surface area contributed by atoms with E-state index in [2.05, 4.69) is 36.5 Å². The van der Waals surface area contributed by atoms with Crippen molar-refractivity contribution in [3.05, 3.63) is 40.0 Å². The van der Waals surface area contributed by atoms with Gasteiger partial charge in [-0.15, -0.1) is 0 Å². The van der Waals surface area contributed by atoms with E-state index >= 15 is 0 Å². The number of benzene rings is 1. The number of aromatic nitrogens is 2. The molecule has 0 spiro atoms. The van der Waals surface area contributed by atoms with Crippen LogP contribution in [0.1, 0.15) is 11.3 Å². The zero-order valence-electron chi connectivity index (χ0n) is 11.0. The summed E-state index contributed by atoms with van der Waals surface area (Å²) in [7, 11) is 0. The molecule has 0 saturated heterocycles. The van der Waals surface area contributed by atoms with Gasteiger partial charge >= 0.3 is 0 Å². The lowest BCUT2D eigenvalue weighted by atomic mass is 10.1. The van der Waals surface area contributed by atoms with Crippen LogP contribution in [0, 0.1) is 0 Å². The van der Waals surface area contributed by atoms with Gasteiger partial charge in [0.05, 0.1) is 11.4 Å². The number of anilines is 3. The molecule has 0 radical (unpaired) electrons. The van der Waals surface area contributed by atoms with Crippen LogP contribution in [-0.4, -0.2) is 23.1 Å². The SMILES string of the molecule is Nc1nc(Nc2ccccc2Br)nc2c1CCNCC2. The minimum atomic E-state index is 0.551. The van der Waals surface area contributed by atoms with Crippen molar-refractivity contribution in [2.75, 3.05) is 24.1 Å². The van der Waals surface area contributed by atoms with E-state index in [1.54, 1.807) is 0 Å². The highest BCUT2D eigenvalue weighted by Crippen LogP contribution is 2.25. The van der Waals surface area contributed by atoms with Crippen LogP contribution in [0.2, 0.25) is 0 Å². The Morgan fingerprint density at radius 2 is 1.95 bits per heavy atom. The summed E-state index contributed by atoms with van der Waals surface area (Å²) in [6.45, 7) is 1.86. The number of para-hydroxylation sites is 1. The topological polar surface area (TPSA) is 75.9 Å². The monoisotopic (exact) mass is 333 g/mol. The third-order valence-electron chi connectivity index (χ3n) is 3.34. The maximum absolute atomic E-state index is 6.07. The summed E-state index contributed by atoms with van der Waals surface area (Å²) in [6.07, 6.45) is 1.77. The summed E-state index contributed by atoms with van der Waals surface area (Å²) in [4.78, 5) is 8.98. The van der Waals surface area contributed by atoms with E-state index in [-0.39, 0.29) is 0 Å². The molecule has 0 amide bonds. The number of hydrogen-bond acceptors (Lipinski definition) is 5. The van der Waals surface area contributed by atoms with Crippen molar-refractivity contribution in [3.8, 4) is 0 Å². The molecule has 104 valence electrons. The van der Waals surface area contributed by atoms with Crippen LogP contribution in [0.15, 0.2) is 28.7 Å². The lowest BCUT2D eigenvalue weighted by Gasteiger charge is -2.12. The Balaban J connectivity index is 1.93. The fraction of sp³-hybridized carbons (Fsp3) is 0.286. The predicted octanol–water partition coefficient (Wildman–Crippen LogP) is 2.25. The molecule has 0 aliphatic carbocycles. The third-order valence-corrected chi connectivity index (χ3v) is 4.03. The molecule has 2 aromatic rings. The first-order valence-corrected chi connectivity index (χ1v) is 7.41. The van der Waals surface area contributed by atoms with Gasteiger partial charge in [-0.1, -0.05) is 12.1 Å². The Bertz CT molecular complexity index is 629. The van der Waals surface area contributed by atoms with Gasteiger partial charge in [0, 0.05) is 23.0 Å². The first kappa shape index (κ1) is 13.3. The lowest BCUT2D eigenvalue weighted by molar-refractivity contribution is 0.708. The average Bonchev–Trinajstić information content (AvgIpc) is 2.67. The van der Waals surface area contributed by atoms with Gasteiger partial charge in [0.25, 0.3) is 0 Å². The molecule has 6 heteroatoms. The Morgan fingerprint density at radius 3 is 2.80 bits per heavy atom. The first-order valence-electron chi connectivity index (χ1n) is 6.61. The van der Waals surface area contributed by atoms with E-state index < -0.39 is 0 Å². The van der Waals surface area contributed by atoms with Crippen LogP contribution in [0.25, 0.3) is 0 Å². The average molecular weight is 334 g/mol. The van der Waals surface area contributed by atoms with Crippen molar-refractivity contribution in [2.24, 2.45) is 0 Å². The largest absolute Gasteiger partial charge is 0.383 e. The van der Waals surface area contributed by atoms with Gasteiger partial charge in [-0.05, 0) is 41.0 Å². The second-order valence-corrected chi connectivity index (χ2v) is 5.57. The van der Waals surface area contributed by atoms with Crippen LogP contribution >= 0.6 is 15.9 Å². The van der Waals surface area contributed by atoms with Gasteiger partial charge < -0.3 is 16.4 Å². The summed E-state index contributed by atoms with van der Waals surface area (Å²) in [6, 6.07) is 7.87. The molecule has 20 heavy (non-hydrogen) atoms. The molecule has 0 atom stereocenters. The number of nitrogen functional groups attached to an aromatic ring is 1. The molecule has 1 aliphatic heterocycles. The van der Waals surface area contributed by atoms with E-state index in [0.29, 0.717) is 11.8 Å². The molecule has 4 N–H and O–H groups in total. The van der Waals surface area contributed by atoms with Gasteiger partial charge in [-0.25, -0.2) is 4.98 Å². The first-order chi connectivity index (χ1) is 9.74. The molecule has 1 aliphatic rings. The second-order valence-electron chi connectivity index (χ2n) is 4.71. The fourth-order valence-electron chi connectivity index (χ4n) is 2.31. The maximum atomic E-state index is 6.07. The maximum Gasteiger partial charge on any atom is 0.229 e. The molecule has 0 saturated carbocycles. The van der Waals surface area contributed by atoms with Crippen LogP contribution in [-0.2, 0) is 12.8 Å². The highest BCUT2D eigenvalue weighted by Gasteiger charge is 2.15. The summed E-state index contributed by atoms with van der Waals surface area (Å²) in [5, 5.41) is 6.56. The molecule has 1 aromatic heterocycles. The van der Waals surface area contributed by atoms with Crippen molar-refractivity contribution in [1.29, 1.82) is 0 Å². The number of halogens is 1. The van der Waals surface area contributed by atoms with Gasteiger partial charge in [0.2, 0.25) is 5.95 Å². The van der Waals surface area contributed by atoms with Gasteiger partial charge in [0.1, 0.15) is 5.82 Å². The number of rotatable bonds is 2. The Hall–Kier alpha value is -1.66. The minimum absolute atomic E-state index is 0.551. The number of fused-ring (bicyclic) bond motifs is 1. The standard InChI is InChI=1S/C14H16BrN5/c15-10-3-1-2-4-12(10)19-14-18-11-6-8-17-7-5-9(11)13(16)20-14/h1-4,17H,5-8H2,(H3,16,18,19,20). The molecule has 0 bridgehead atoms. The zero-order chi connectivity index (χ0) is 13.9. The molecule has 3 rings (SSSR count). The van der Waals surface area contributed by atoms with Crippen LogP contribution < -0.4 is 16.4 Å². The van der Waals surface area contributed by atoms with Crippen LogP contribution in [0.5, 0.6) is 0 Å². The fourth-order valence-corrected chi connectivity index (χ4v) is 2.70. The lowest BCUT2D eigenvalue weighted by Crippen LogP contribution is -2.16. The Morgan fingerprint density at radius 1 is 1.15 bits per heavy atom. The molecular weight excluding hydrogens is 318 g/mol. The van der Waals surface area contributed by atoms with Crippen LogP contribution in [0.4, 0.5) is 17.5 Å². The number of nitrogens with two attached hydrogens (primary N) is 1. The number of nitrogens with zero attached hydrogens (tertiary/aromatic N) is 2. The smallest absolute Gasteiger partial charge is 0.229 e. The molecular formula is C14H16BrN5. The van der Waals surface area contributed by atoms with Gasteiger partial charge in [0.15, 0.2) is 0 Å². The molecule has 0 fully saturated rings. The summed E-state index contributed by atoms with van der Waals surface area (Å²) in [5.41, 5.74) is 9.12. The number of nitrogens with one attached hydrogen (secondary N) is 2.